The molecule has 2 aromatic rings. The van der Waals surface area contributed by atoms with Crippen molar-refractivity contribution in [3.05, 3.63) is 30.4 Å². The van der Waals surface area contributed by atoms with E-state index in [0.717, 1.165) is 30.1 Å². The molecule has 0 aliphatic carbocycles. The summed E-state index contributed by atoms with van der Waals surface area (Å²) in [5.41, 5.74) is 6.65. The molecular formula is C12H17N3O. The Morgan fingerprint density at radius 3 is 3.06 bits per heavy atom. The van der Waals surface area contributed by atoms with Gasteiger partial charge in [0.15, 0.2) is 5.76 Å². The lowest BCUT2D eigenvalue weighted by atomic mass is 10.0. The molecule has 0 spiro atoms. The van der Waals surface area contributed by atoms with E-state index in [1.165, 1.54) is 0 Å². The van der Waals surface area contributed by atoms with Crippen molar-refractivity contribution in [2.24, 2.45) is 5.73 Å². The summed E-state index contributed by atoms with van der Waals surface area (Å²) in [6.07, 6.45) is 5.62. The molecular weight excluding hydrogens is 202 g/mol. The lowest BCUT2D eigenvalue weighted by Crippen LogP contribution is -2.13. The Bertz CT molecular complexity index is 419. The van der Waals surface area contributed by atoms with Gasteiger partial charge >= 0.3 is 0 Å². The smallest absolute Gasteiger partial charge is 0.151 e. The van der Waals surface area contributed by atoms with Gasteiger partial charge in [0.25, 0.3) is 0 Å². The minimum absolute atomic E-state index is 0.314. The van der Waals surface area contributed by atoms with E-state index in [4.69, 9.17) is 10.2 Å². The molecule has 4 nitrogen and oxygen atoms in total. The van der Waals surface area contributed by atoms with Crippen LogP contribution in [-0.4, -0.2) is 16.5 Å². The average Bonchev–Trinajstić information content (AvgIpc) is 2.95. The summed E-state index contributed by atoms with van der Waals surface area (Å²) in [5.74, 6) is 2.08. The molecule has 0 aliphatic heterocycles. The topological polar surface area (TPSA) is 67.8 Å². The molecule has 0 bridgehead atoms. The summed E-state index contributed by atoms with van der Waals surface area (Å²) in [6, 6.07) is 3.77. The number of imidazole rings is 1. The van der Waals surface area contributed by atoms with E-state index >= 15 is 0 Å². The van der Waals surface area contributed by atoms with Crippen LogP contribution < -0.4 is 5.73 Å². The number of nitrogens with one attached hydrogen (secondary N) is 1. The fourth-order valence-electron chi connectivity index (χ4n) is 1.82. The van der Waals surface area contributed by atoms with Gasteiger partial charge in [0.05, 0.1) is 12.5 Å². The highest BCUT2D eigenvalue weighted by molar-refractivity contribution is 5.50. The summed E-state index contributed by atoms with van der Waals surface area (Å²) in [7, 11) is 0. The van der Waals surface area contributed by atoms with Crippen LogP contribution in [0.5, 0.6) is 0 Å². The van der Waals surface area contributed by atoms with Crippen molar-refractivity contribution in [3.8, 4) is 11.5 Å². The molecule has 2 heterocycles. The summed E-state index contributed by atoms with van der Waals surface area (Å²) >= 11 is 0. The predicted molar refractivity (Wildman–Crippen MR) is 63.0 cm³/mol. The zero-order valence-electron chi connectivity index (χ0n) is 9.44. The van der Waals surface area contributed by atoms with Gasteiger partial charge in [0, 0.05) is 12.5 Å². The third kappa shape index (κ3) is 2.17. The van der Waals surface area contributed by atoms with Gasteiger partial charge in [-0.2, -0.15) is 0 Å². The van der Waals surface area contributed by atoms with Crippen molar-refractivity contribution in [2.75, 3.05) is 6.54 Å². The SMILES string of the molecule is CCCC(CN)c1ncc(-c2ccco2)[nH]1. The number of furan rings is 1. The molecule has 0 amide bonds. The first kappa shape index (κ1) is 11.0. The molecule has 4 heteroatoms. The molecule has 0 fully saturated rings. The number of hydrogen-bond acceptors (Lipinski definition) is 3. The van der Waals surface area contributed by atoms with Crippen LogP contribution in [0.1, 0.15) is 31.5 Å². The maximum atomic E-state index is 5.74. The summed E-state index contributed by atoms with van der Waals surface area (Å²) in [5, 5.41) is 0. The molecule has 0 aromatic carbocycles. The van der Waals surface area contributed by atoms with Gasteiger partial charge in [0.1, 0.15) is 11.5 Å². The van der Waals surface area contributed by atoms with Gasteiger partial charge in [-0.1, -0.05) is 13.3 Å². The van der Waals surface area contributed by atoms with Crippen molar-refractivity contribution in [1.82, 2.24) is 9.97 Å². The second-order valence-electron chi connectivity index (χ2n) is 3.88. The van der Waals surface area contributed by atoms with Crippen molar-refractivity contribution in [2.45, 2.75) is 25.7 Å². The van der Waals surface area contributed by atoms with E-state index < -0.39 is 0 Å². The number of rotatable bonds is 5. The third-order valence-electron chi connectivity index (χ3n) is 2.69. The third-order valence-corrected chi connectivity index (χ3v) is 2.69. The molecule has 0 saturated heterocycles. The minimum Gasteiger partial charge on any atom is -0.463 e. The maximum absolute atomic E-state index is 5.74. The molecule has 86 valence electrons. The van der Waals surface area contributed by atoms with E-state index in [2.05, 4.69) is 16.9 Å². The number of nitrogens with two attached hydrogens (primary N) is 1. The molecule has 0 saturated carbocycles. The zero-order valence-corrected chi connectivity index (χ0v) is 9.44. The predicted octanol–water partition coefficient (Wildman–Crippen LogP) is 2.51. The molecule has 3 N–H and O–H groups in total. The van der Waals surface area contributed by atoms with Crippen LogP contribution in [-0.2, 0) is 0 Å². The number of aromatic nitrogens is 2. The highest BCUT2D eigenvalue weighted by atomic mass is 16.3. The number of aromatic amines is 1. The Hall–Kier alpha value is -1.55. The number of hydrogen-bond donors (Lipinski definition) is 2. The first-order valence-electron chi connectivity index (χ1n) is 5.64. The molecule has 2 aromatic heterocycles. The average molecular weight is 219 g/mol. The second kappa shape index (κ2) is 4.99. The molecule has 0 aliphatic rings. The van der Waals surface area contributed by atoms with Crippen molar-refractivity contribution >= 4 is 0 Å². The van der Waals surface area contributed by atoms with Crippen molar-refractivity contribution < 1.29 is 4.42 Å². The Morgan fingerprint density at radius 2 is 2.44 bits per heavy atom. The van der Waals surface area contributed by atoms with E-state index in [1.54, 1.807) is 12.5 Å². The van der Waals surface area contributed by atoms with Crippen molar-refractivity contribution in [1.29, 1.82) is 0 Å². The fraction of sp³-hybridized carbons (Fsp3) is 0.417. The molecule has 1 atom stereocenters. The molecule has 0 radical (unpaired) electrons. The van der Waals surface area contributed by atoms with Crippen LogP contribution in [0.2, 0.25) is 0 Å². The van der Waals surface area contributed by atoms with E-state index in [1.807, 2.05) is 12.1 Å². The highest BCUT2D eigenvalue weighted by Crippen LogP contribution is 2.22. The number of H-pyrrole nitrogens is 1. The Labute approximate surface area is 94.9 Å². The van der Waals surface area contributed by atoms with Gasteiger partial charge in [0.2, 0.25) is 0 Å². The van der Waals surface area contributed by atoms with Crippen LogP contribution in [0.25, 0.3) is 11.5 Å². The lowest BCUT2D eigenvalue weighted by Gasteiger charge is -2.09. The number of nitrogens with zero attached hydrogens (tertiary/aromatic N) is 1. The monoisotopic (exact) mass is 219 g/mol. The first-order chi connectivity index (χ1) is 7.85. The van der Waals surface area contributed by atoms with Crippen LogP contribution in [0.4, 0.5) is 0 Å². The van der Waals surface area contributed by atoms with Crippen LogP contribution in [0, 0.1) is 0 Å². The second-order valence-corrected chi connectivity index (χ2v) is 3.88. The zero-order chi connectivity index (χ0) is 11.4. The summed E-state index contributed by atoms with van der Waals surface area (Å²) < 4.78 is 5.30. The van der Waals surface area contributed by atoms with Gasteiger partial charge in [-0.25, -0.2) is 4.98 Å². The van der Waals surface area contributed by atoms with E-state index in [0.29, 0.717) is 12.5 Å². The Balaban J connectivity index is 2.18. The minimum atomic E-state index is 0.314. The van der Waals surface area contributed by atoms with E-state index in [-0.39, 0.29) is 0 Å². The Morgan fingerprint density at radius 1 is 1.56 bits per heavy atom. The fourth-order valence-corrected chi connectivity index (χ4v) is 1.82. The van der Waals surface area contributed by atoms with Crippen molar-refractivity contribution in [3.63, 3.8) is 0 Å². The molecule has 1 unspecified atom stereocenters. The van der Waals surface area contributed by atoms with Gasteiger partial charge in [-0.3, -0.25) is 0 Å². The quantitative estimate of drug-likeness (QED) is 0.811. The van der Waals surface area contributed by atoms with Crippen LogP contribution in [0.3, 0.4) is 0 Å². The summed E-state index contributed by atoms with van der Waals surface area (Å²) in [4.78, 5) is 7.63. The summed E-state index contributed by atoms with van der Waals surface area (Å²) in [6.45, 7) is 2.78. The van der Waals surface area contributed by atoms with Crippen LogP contribution >= 0.6 is 0 Å². The van der Waals surface area contributed by atoms with Gasteiger partial charge < -0.3 is 15.1 Å². The molecule has 2 rings (SSSR count). The standard InChI is InChI=1S/C12H17N3O/c1-2-4-9(7-13)12-14-8-10(15-12)11-5-3-6-16-11/h3,5-6,8-9H,2,4,7,13H2,1H3,(H,14,15). The highest BCUT2D eigenvalue weighted by Gasteiger charge is 2.13. The lowest BCUT2D eigenvalue weighted by molar-refractivity contribution is 0.577. The van der Waals surface area contributed by atoms with Crippen LogP contribution in [0.15, 0.2) is 29.0 Å². The van der Waals surface area contributed by atoms with E-state index in [9.17, 15) is 0 Å². The Kier molecular flexibility index (Phi) is 3.41. The van der Waals surface area contributed by atoms with Gasteiger partial charge in [-0.05, 0) is 18.6 Å². The molecule has 16 heavy (non-hydrogen) atoms. The normalized spacial score (nSPS) is 12.9. The maximum Gasteiger partial charge on any atom is 0.151 e. The largest absolute Gasteiger partial charge is 0.463 e. The van der Waals surface area contributed by atoms with Gasteiger partial charge in [-0.15, -0.1) is 0 Å². The first-order valence-corrected chi connectivity index (χ1v) is 5.64.